The maximum absolute atomic E-state index is 5.74. The minimum absolute atomic E-state index is 0.164. The predicted molar refractivity (Wildman–Crippen MR) is 107 cm³/mol. The third-order valence-electron chi connectivity index (χ3n) is 3.65. The van der Waals surface area contributed by atoms with Gasteiger partial charge in [0.1, 0.15) is 11.5 Å². The summed E-state index contributed by atoms with van der Waals surface area (Å²) in [7, 11) is 1.67. The minimum atomic E-state index is 0.164. The van der Waals surface area contributed by atoms with E-state index < -0.39 is 0 Å². The van der Waals surface area contributed by atoms with Gasteiger partial charge in [0, 0.05) is 13.1 Å². The first kappa shape index (κ1) is 19.6. The molecule has 0 unspecified atom stereocenters. The van der Waals surface area contributed by atoms with Crippen LogP contribution in [-0.4, -0.2) is 25.7 Å². The molecule has 0 bridgehead atoms. The highest BCUT2D eigenvalue weighted by molar-refractivity contribution is 5.79. The van der Waals surface area contributed by atoms with Crippen molar-refractivity contribution < 1.29 is 9.47 Å². The maximum atomic E-state index is 5.74. The lowest BCUT2D eigenvalue weighted by molar-refractivity contribution is 0.242. The van der Waals surface area contributed by atoms with Crippen LogP contribution in [0.5, 0.6) is 11.5 Å². The number of nitrogens with zero attached hydrogens (tertiary/aromatic N) is 1. The maximum Gasteiger partial charge on any atom is 0.191 e. The number of hydrogen-bond donors (Lipinski definition) is 2. The average molecular weight is 355 g/mol. The first-order valence-corrected chi connectivity index (χ1v) is 9.01. The van der Waals surface area contributed by atoms with E-state index in [4.69, 9.17) is 9.47 Å². The Labute approximate surface area is 156 Å². The molecule has 0 aliphatic rings. The van der Waals surface area contributed by atoms with Crippen LogP contribution in [0.3, 0.4) is 0 Å². The van der Waals surface area contributed by atoms with Crippen LogP contribution >= 0.6 is 0 Å². The summed E-state index contributed by atoms with van der Waals surface area (Å²) in [6.45, 7) is 8.21. The van der Waals surface area contributed by atoms with Gasteiger partial charge in [-0.2, -0.15) is 0 Å². The van der Waals surface area contributed by atoms with Gasteiger partial charge < -0.3 is 20.1 Å². The number of aliphatic imine (C=N–C) groups is 1. The van der Waals surface area contributed by atoms with Crippen LogP contribution in [-0.2, 0) is 13.1 Å². The van der Waals surface area contributed by atoms with Gasteiger partial charge in [0.2, 0.25) is 0 Å². The monoisotopic (exact) mass is 355 g/mol. The van der Waals surface area contributed by atoms with Gasteiger partial charge in [-0.25, -0.2) is 4.99 Å². The van der Waals surface area contributed by atoms with E-state index in [2.05, 4.69) is 28.6 Å². The number of rotatable bonds is 8. The fraction of sp³-hybridized carbons (Fsp3) is 0.381. The number of hydrogen-bond acceptors (Lipinski definition) is 3. The molecule has 0 heterocycles. The topological polar surface area (TPSA) is 54.9 Å². The molecule has 0 saturated carbocycles. The molecule has 26 heavy (non-hydrogen) atoms. The lowest BCUT2D eigenvalue weighted by Gasteiger charge is -2.13. The van der Waals surface area contributed by atoms with Crippen molar-refractivity contribution in [1.82, 2.24) is 10.6 Å². The van der Waals surface area contributed by atoms with E-state index in [1.165, 1.54) is 5.56 Å². The molecule has 0 radical (unpaired) electrons. The second-order valence-corrected chi connectivity index (χ2v) is 6.21. The van der Waals surface area contributed by atoms with Crippen molar-refractivity contribution >= 4 is 5.96 Å². The van der Waals surface area contributed by atoms with E-state index in [1.54, 1.807) is 7.11 Å². The van der Waals surface area contributed by atoms with Crippen LogP contribution in [0.1, 0.15) is 31.9 Å². The van der Waals surface area contributed by atoms with Crippen LogP contribution < -0.4 is 20.1 Å². The van der Waals surface area contributed by atoms with Crippen LogP contribution in [0.15, 0.2) is 53.5 Å². The fourth-order valence-electron chi connectivity index (χ4n) is 2.43. The molecule has 5 heteroatoms. The normalized spacial score (nSPS) is 11.3. The molecule has 2 aromatic rings. The summed E-state index contributed by atoms with van der Waals surface area (Å²) >= 11 is 0. The second-order valence-electron chi connectivity index (χ2n) is 6.21. The summed E-state index contributed by atoms with van der Waals surface area (Å²) in [5, 5.41) is 6.63. The zero-order valence-electron chi connectivity index (χ0n) is 16.1. The van der Waals surface area contributed by atoms with Gasteiger partial charge in [0.15, 0.2) is 5.96 Å². The van der Waals surface area contributed by atoms with Crippen LogP contribution in [0.2, 0.25) is 0 Å². The Morgan fingerprint density at radius 1 is 1.00 bits per heavy atom. The number of guanidine groups is 1. The number of ether oxygens (including phenoxy) is 2. The van der Waals surface area contributed by atoms with E-state index >= 15 is 0 Å². The smallest absolute Gasteiger partial charge is 0.191 e. The molecule has 0 aliphatic carbocycles. The molecule has 2 rings (SSSR count). The molecule has 140 valence electrons. The van der Waals surface area contributed by atoms with Crippen molar-refractivity contribution in [1.29, 1.82) is 0 Å². The molecule has 0 spiro atoms. The lowest BCUT2D eigenvalue weighted by atomic mass is 10.2. The van der Waals surface area contributed by atoms with Crippen LogP contribution in [0.4, 0.5) is 0 Å². The Hall–Kier alpha value is -2.69. The zero-order valence-corrected chi connectivity index (χ0v) is 16.1. The van der Waals surface area contributed by atoms with Crippen molar-refractivity contribution in [2.45, 2.75) is 40.0 Å². The first-order valence-electron chi connectivity index (χ1n) is 9.01. The first-order chi connectivity index (χ1) is 12.6. The summed E-state index contributed by atoms with van der Waals surface area (Å²) in [6, 6.07) is 16.1. The number of nitrogens with one attached hydrogen (secondary N) is 2. The fourth-order valence-corrected chi connectivity index (χ4v) is 2.43. The van der Waals surface area contributed by atoms with Crippen molar-refractivity contribution in [3.63, 3.8) is 0 Å². The van der Waals surface area contributed by atoms with Gasteiger partial charge in [0.25, 0.3) is 0 Å². The summed E-state index contributed by atoms with van der Waals surface area (Å²) in [6.07, 6.45) is 0.164. The molecule has 2 aromatic carbocycles. The summed E-state index contributed by atoms with van der Waals surface area (Å²) in [5.74, 6) is 2.53. The Morgan fingerprint density at radius 3 is 2.42 bits per heavy atom. The van der Waals surface area contributed by atoms with Crippen molar-refractivity contribution in [3.05, 3.63) is 59.7 Å². The molecule has 0 aromatic heterocycles. The number of methoxy groups -OCH3 is 1. The van der Waals surface area contributed by atoms with Crippen molar-refractivity contribution in [2.24, 2.45) is 4.99 Å². The van der Waals surface area contributed by atoms with Gasteiger partial charge in [-0.1, -0.05) is 24.3 Å². The highest BCUT2D eigenvalue weighted by Gasteiger charge is 2.02. The van der Waals surface area contributed by atoms with Gasteiger partial charge in [0.05, 0.1) is 19.8 Å². The zero-order chi connectivity index (χ0) is 18.8. The molecule has 0 fully saturated rings. The number of benzene rings is 2. The van der Waals surface area contributed by atoms with E-state index in [-0.39, 0.29) is 6.10 Å². The Morgan fingerprint density at radius 2 is 1.77 bits per heavy atom. The predicted octanol–water partition coefficient (Wildman–Crippen LogP) is 3.74. The van der Waals surface area contributed by atoms with E-state index in [0.717, 1.165) is 29.6 Å². The SMILES string of the molecule is CCNC(=NCc1cccc(OC(C)C)c1)NCc1ccc(OC)cc1. The standard InChI is InChI=1S/C21H29N3O2/c1-5-22-21(23-14-17-9-11-19(25-4)12-10-17)24-15-18-7-6-8-20(13-18)26-16(2)3/h6-13,16H,5,14-15H2,1-4H3,(H2,22,23,24). The molecular formula is C21H29N3O2. The third-order valence-corrected chi connectivity index (χ3v) is 3.65. The molecule has 0 saturated heterocycles. The van der Waals surface area contributed by atoms with Crippen molar-refractivity contribution in [3.8, 4) is 11.5 Å². The van der Waals surface area contributed by atoms with Crippen molar-refractivity contribution in [2.75, 3.05) is 13.7 Å². The molecule has 0 atom stereocenters. The Balaban J connectivity index is 1.97. The van der Waals surface area contributed by atoms with Gasteiger partial charge in [-0.3, -0.25) is 0 Å². The van der Waals surface area contributed by atoms with Crippen LogP contribution in [0, 0.1) is 0 Å². The quantitative estimate of drug-likeness (QED) is 0.559. The van der Waals surface area contributed by atoms with E-state index in [9.17, 15) is 0 Å². The highest BCUT2D eigenvalue weighted by Crippen LogP contribution is 2.15. The Kier molecular flexibility index (Phi) is 7.80. The van der Waals surface area contributed by atoms with E-state index in [0.29, 0.717) is 13.1 Å². The van der Waals surface area contributed by atoms with Crippen LogP contribution in [0.25, 0.3) is 0 Å². The third kappa shape index (κ3) is 6.67. The molecule has 2 N–H and O–H groups in total. The average Bonchev–Trinajstić information content (AvgIpc) is 2.64. The molecule has 0 amide bonds. The van der Waals surface area contributed by atoms with E-state index in [1.807, 2.05) is 56.3 Å². The summed E-state index contributed by atoms with van der Waals surface area (Å²) in [5.41, 5.74) is 2.29. The van der Waals surface area contributed by atoms with Gasteiger partial charge in [-0.05, 0) is 56.2 Å². The minimum Gasteiger partial charge on any atom is -0.497 e. The molecule has 0 aliphatic heterocycles. The summed E-state index contributed by atoms with van der Waals surface area (Å²) < 4.78 is 10.9. The van der Waals surface area contributed by atoms with Gasteiger partial charge in [-0.15, -0.1) is 0 Å². The lowest BCUT2D eigenvalue weighted by Crippen LogP contribution is -2.36. The highest BCUT2D eigenvalue weighted by atomic mass is 16.5. The summed E-state index contributed by atoms with van der Waals surface area (Å²) in [4.78, 5) is 4.67. The molecule has 5 nitrogen and oxygen atoms in total. The Bertz CT molecular complexity index is 697. The second kappa shape index (κ2) is 10.3. The molecular weight excluding hydrogens is 326 g/mol. The largest absolute Gasteiger partial charge is 0.497 e. The van der Waals surface area contributed by atoms with Gasteiger partial charge >= 0.3 is 0 Å².